The molecule has 28 heavy (non-hydrogen) atoms. The van der Waals surface area contributed by atoms with E-state index in [9.17, 15) is 22.8 Å². The van der Waals surface area contributed by atoms with E-state index in [1.54, 1.807) is 0 Å². The first-order chi connectivity index (χ1) is 13.3. The Labute approximate surface area is 167 Å². The van der Waals surface area contributed by atoms with Gasteiger partial charge in [-0.05, 0) is 31.2 Å². The molecule has 10 nitrogen and oxygen atoms in total. The topological polar surface area (TPSA) is 139 Å². The van der Waals surface area contributed by atoms with Crippen LogP contribution >= 0.6 is 11.6 Å². The smallest absolute Gasteiger partial charge is 0.318 e. The minimum absolute atomic E-state index is 0.00850. The molecular formula is C16H21ClN4O6S. The molecule has 1 aromatic carbocycles. The highest BCUT2D eigenvalue weighted by molar-refractivity contribution is 7.89. The lowest BCUT2D eigenvalue weighted by Crippen LogP contribution is -2.41. The maximum Gasteiger partial charge on any atom is 0.318 e. The lowest BCUT2D eigenvalue weighted by molar-refractivity contribution is -0.146. The number of sulfonamides is 1. The van der Waals surface area contributed by atoms with Crippen LogP contribution < -0.4 is 11.1 Å². The summed E-state index contributed by atoms with van der Waals surface area (Å²) in [5.74, 6) is -2.21. The minimum atomic E-state index is -3.81. The van der Waals surface area contributed by atoms with Gasteiger partial charge in [-0.15, -0.1) is 0 Å². The van der Waals surface area contributed by atoms with E-state index in [2.05, 4.69) is 5.32 Å². The zero-order chi connectivity index (χ0) is 20.7. The molecule has 0 saturated carbocycles. The number of amides is 3. The van der Waals surface area contributed by atoms with E-state index < -0.39 is 21.8 Å². The molecule has 0 aliphatic carbocycles. The summed E-state index contributed by atoms with van der Waals surface area (Å²) >= 11 is 6.02. The van der Waals surface area contributed by atoms with Crippen molar-refractivity contribution in [3.63, 3.8) is 0 Å². The predicted octanol–water partition coefficient (Wildman–Crippen LogP) is -0.367. The number of carbonyl (C=O) groups is 3. The molecule has 1 aliphatic heterocycles. The number of halogens is 1. The first-order valence-corrected chi connectivity index (χ1v) is 10.3. The van der Waals surface area contributed by atoms with Crippen LogP contribution in [-0.4, -0.2) is 75.2 Å². The summed E-state index contributed by atoms with van der Waals surface area (Å²) in [6, 6.07) is 3.79. The molecule has 0 unspecified atom stereocenters. The summed E-state index contributed by atoms with van der Waals surface area (Å²) in [7, 11) is -3.81. The number of nitrogens with one attached hydrogen (secondary N) is 1. The van der Waals surface area contributed by atoms with Crippen LogP contribution in [0.15, 0.2) is 23.1 Å². The summed E-state index contributed by atoms with van der Waals surface area (Å²) in [6.45, 7) is 1.23. The van der Waals surface area contributed by atoms with Crippen LogP contribution in [0.4, 0.5) is 5.69 Å². The van der Waals surface area contributed by atoms with Gasteiger partial charge in [0.05, 0.1) is 28.8 Å². The highest BCUT2D eigenvalue weighted by Crippen LogP contribution is 2.27. The van der Waals surface area contributed by atoms with Gasteiger partial charge in [-0.1, -0.05) is 11.6 Å². The predicted molar refractivity (Wildman–Crippen MR) is 101 cm³/mol. The van der Waals surface area contributed by atoms with E-state index in [0.717, 1.165) is 0 Å². The summed E-state index contributed by atoms with van der Waals surface area (Å²) in [6.07, 6.45) is 0.574. The number of benzene rings is 1. The van der Waals surface area contributed by atoms with Crippen molar-refractivity contribution in [1.29, 1.82) is 0 Å². The van der Waals surface area contributed by atoms with Crippen molar-refractivity contribution >= 4 is 45.5 Å². The Morgan fingerprint density at radius 1 is 1.32 bits per heavy atom. The largest absolute Gasteiger partial charge is 0.379 e. The number of carbonyl (C=O) groups excluding carboxylic acids is 3. The number of morpholine rings is 1. The fourth-order valence-corrected chi connectivity index (χ4v) is 4.07. The van der Waals surface area contributed by atoms with Gasteiger partial charge in [-0.2, -0.15) is 4.31 Å². The van der Waals surface area contributed by atoms with E-state index in [1.165, 1.54) is 22.5 Å². The Morgan fingerprint density at radius 3 is 2.61 bits per heavy atom. The summed E-state index contributed by atoms with van der Waals surface area (Å²) in [5, 5.41) is 2.30. The van der Waals surface area contributed by atoms with Gasteiger partial charge in [-0.25, -0.2) is 8.42 Å². The van der Waals surface area contributed by atoms with Crippen LogP contribution in [0.3, 0.4) is 0 Å². The third-order valence-corrected chi connectivity index (χ3v) is 6.20. The number of hydrogen-bond donors (Lipinski definition) is 2. The van der Waals surface area contributed by atoms with E-state index in [-0.39, 0.29) is 61.4 Å². The molecule has 0 spiro atoms. The maximum atomic E-state index is 12.7. The van der Waals surface area contributed by atoms with Crippen LogP contribution in [0.1, 0.15) is 6.42 Å². The van der Waals surface area contributed by atoms with E-state index in [4.69, 9.17) is 22.1 Å². The average molecular weight is 433 g/mol. The van der Waals surface area contributed by atoms with Crippen molar-refractivity contribution in [2.45, 2.75) is 11.3 Å². The molecule has 3 N–H and O–H groups in total. The van der Waals surface area contributed by atoms with E-state index in [0.29, 0.717) is 11.3 Å². The van der Waals surface area contributed by atoms with Crippen LogP contribution in [0.25, 0.3) is 0 Å². The van der Waals surface area contributed by atoms with Crippen LogP contribution in [0, 0.1) is 0 Å². The fourth-order valence-electron chi connectivity index (χ4n) is 2.47. The number of anilines is 1. The monoisotopic (exact) mass is 432 g/mol. The van der Waals surface area contributed by atoms with Gasteiger partial charge in [0, 0.05) is 19.6 Å². The van der Waals surface area contributed by atoms with Gasteiger partial charge in [0.15, 0.2) is 0 Å². The molecular weight excluding hydrogens is 412 g/mol. The second-order valence-corrected chi connectivity index (χ2v) is 8.20. The van der Waals surface area contributed by atoms with Crippen molar-refractivity contribution in [3.8, 4) is 0 Å². The molecule has 0 aromatic heterocycles. The highest BCUT2D eigenvalue weighted by atomic mass is 35.5. The van der Waals surface area contributed by atoms with Crippen LogP contribution in [0.2, 0.25) is 5.02 Å². The molecule has 0 bridgehead atoms. The third-order valence-electron chi connectivity index (χ3n) is 3.98. The van der Waals surface area contributed by atoms with Gasteiger partial charge >= 0.3 is 11.8 Å². The number of ether oxygens (including phenoxy) is 1. The normalized spacial score (nSPS) is 15.1. The zero-order valence-electron chi connectivity index (χ0n) is 15.0. The first-order valence-electron chi connectivity index (χ1n) is 8.46. The molecule has 154 valence electrons. The highest BCUT2D eigenvalue weighted by Gasteiger charge is 2.28. The second kappa shape index (κ2) is 9.94. The third kappa shape index (κ3) is 5.26. The lowest BCUT2D eigenvalue weighted by atomic mass is 10.3. The van der Waals surface area contributed by atoms with Crippen molar-refractivity contribution in [2.75, 3.05) is 44.7 Å². The number of imide groups is 1. The second-order valence-electron chi connectivity index (χ2n) is 5.86. The van der Waals surface area contributed by atoms with Crippen molar-refractivity contribution in [3.05, 3.63) is 23.2 Å². The van der Waals surface area contributed by atoms with Crippen LogP contribution in [0.5, 0.6) is 0 Å². The number of hydrogen-bond acceptors (Lipinski definition) is 7. The molecule has 1 aromatic rings. The van der Waals surface area contributed by atoms with E-state index >= 15 is 0 Å². The Kier molecular flexibility index (Phi) is 7.89. The SMILES string of the molecule is NCCCN(C=O)C(=O)C(=O)Nc1cc(S(=O)(=O)N2CCOCC2)ccc1Cl. The summed E-state index contributed by atoms with van der Waals surface area (Å²) in [4.78, 5) is 35.8. The molecule has 1 saturated heterocycles. The van der Waals surface area contributed by atoms with Crippen molar-refractivity contribution in [2.24, 2.45) is 5.73 Å². The molecule has 3 amide bonds. The number of rotatable bonds is 7. The summed E-state index contributed by atoms with van der Waals surface area (Å²) < 4.78 is 31.9. The average Bonchev–Trinajstić information content (AvgIpc) is 2.70. The molecule has 12 heteroatoms. The van der Waals surface area contributed by atoms with Gasteiger partial charge in [0.2, 0.25) is 16.4 Å². The molecule has 1 fully saturated rings. The maximum absolute atomic E-state index is 12.7. The van der Waals surface area contributed by atoms with Crippen LogP contribution in [-0.2, 0) is 29.1 Å². The molecule has 0 atom stereocenters. The summed E-state index contributed by atoms with van der Waals surface area (Å²) in [5.41, 5.74) is 5.27. The Balaban J connectivity index is 2.20. The Hall–Kier alpha value is -2.05. The van der Waals surface area contributed by atoms with Gasteiger partial charge in [0.25, 0.3) is 0 Å². The standard InChI is InChI=1S/C16H21ClN4O6S/c17-13-3-2-12(28(25,26)21-6-8-27-9-7-21)10-14(13)19-15(23)16(24)20(11-22)5-1-4-18/h2-3,10-11H,1,4-9,18H2,(H,19,23). The first kappa shape index (κ1) is 22.2. The lowest BCUT2D eigenvalue weighted by Gasteiger charge is -2.26. The van der Waals surface area contributed by atoms with Gasteiger partial charge in [-0.3, -0.25) is 19.3 Å². The fraction of sp³-hybridized carbons (Fsp3) is 0.438. The number of nitrogens with zero attached hydrogens (tertiary/aromatic N) is 2. The molecule has 2 rings (SSSR count). The van der Waals surface area contributed by atoms with E-state index in [1.807, 2.05) is 0 Å². The van der Waals surface area contributed by atoms with Gasteiger partial charge < -0.3 is 15.8 Å². The van der Waals surface area contributed by atoms with Gasteiger partial charge in [0.1, 0.15) is 0 Å². The molecule has 0 radical (unpaired) electrons. The van der Waals surface area contributed by atoms with Crippen molar-refractivity contribution in [1.82, 2.24) is 9.21 Å². The van der Waals surface area contributed by atoms with Crippen molar-refractivity contribution < 1.29 is 27.5 Å². The number of nitrogens with two attached hydrogens (primary N) is 1. The minimum Gasteiger partial charge on any atom is -0.379 e. The molecule has 1 aliphatic rings. The molecule has 1 heterocycles. The zero-order valence-corrected chi connectivity index (χ0v) is 16.5. The quantitative estimate of drug-likeness (QED) is 0.442. The Morgan fingerprint density at radius 2 is 2.00 bits per heavy atom. The Bertz CT molecular complexity index is 842.